The number of nitrogens with one attached hydrogen (secondary N) is 2. The number of nitrogens with zero attached hydrogens (tertiary/aromatic N) is 1. The van der Waals surface area contributed by atoms with Gasteiger partial charge in [-0.1, -0.05) is 54.9 Å². The van der Waals surface area contributed by atoms with Gasteiger partial charge in [-0.3, -0.25) is 0 Å². The van der Waals surface area contributed by atoms with Crippen molar-refractivity contribution in [3.63, 3.8) is 0 Å². The van der Waals surface area contributed by atoms with Gasteiger partial charge in [0, 0.05) is 31.7 Å². The molecule has 0 spiro atoms. The maximum absolute atomic E-state index is 13.1. The Morgan fingerprint density at radius 2 is 1.80 bits per heavy atom. The van der Waals surface area contributed by atoms with Gasteiger partial charge in [-0.2, -0.15) is 0 Å². The number of hydrogen-bond acceptors (Lipinski definition) is 6. The SMILES string of the molecule is [B]c1ccc(OC)c([C@H](C)CN(C)C(=O)Nc2ccc(S(=O)(=O)C3CC3)c(CNC(=O)OCc3ccccc3)c2)c1. The zero-order valence-electron chi connectivity index (χ0n) is 23.4. The van der Waals surface area contributed by atoms with Crippen LogP contribution in [0.5, 0.6) is 5.75 Å². The average molecular weight is 575 g/mol. The van der Waals surface area contributed by atoms with E-state index < -0.39 is 21.2 Å². The van der Waals surface area contributed by atoms with Crippen molar-refractivity contribution in [1.82, 2.24) is 10.2 Å². The second-order valence-electron chi connectivity index (χ2n) is 10.2. The predicted molar refractivity (Wildman–Crippen MR) is 159 cm³/mol. The van der Waals surface area contributed by atoms with E-state index in [1.54, 1.807) is 38.4 Å². The van der Waals surface area contributed by atoms with Gasteiger partial charge in [0.15, 0.2) is 9.84 Å². The maximum atomic E-state index is 13.1. The summed E-state index contributed by atoms with van der Waals surface area (Å²) in [5.41, 5.74) is 3.09. The smallest absolute Gasteiger partial charge is 0.407 e. The fourth-order valence-corrected chi connectivity index (χ4v) is 6.39. The molecule has 214 valence electrons. The predicted octanol–water partition coefficient (Wildman–Crippen LogP) is 4.12. The molecular weight excluding hydrogens is 541 g/mol. The molecular formula is C30H34BN3O6S. The van der Waals surface area contributed by atoms with Crippen molar-refractivity contribution in [2.45, 2.75) is 49.0 Å². The molecule has 2 radical (unpaired) electrons. The molecule has 1 aliphatic carbocycles. The number of rotatable bonds is 11. The van der Waals surface area contributed by atoms with E-state index in [4.69, 9.17) is 17.3 Å². The van der Waals surface area contributed by atoms with Crippen molar-refractivity contribution in [3.8, 4) is 5.75 Å². The molecule has 2 N–H and O–H groups in total. The van der Waals surface area contributed by atoms with E-state index in [2.05, 4.69) is 10.6 Å². The molecule has 1 atom stereocenters. The molecule has 11 heteroatoms. The number of urea groups is 1. The molecule has 4 rings (SSSR count). The number of likely N-dealkylation sites (N-methyl/N-ethyl adjacent to an activating group) is 1. The number of sulfone groups is 1. The number of carbonyl (C=O) groups is 2. The topological polar surface area (TPSA) is 114 Å². The fourth-order valence-electron chi connectivity index (χ4n) is 4.52. The van der Waals surface area contributed by atoms with Crippen LogP contribution < -0.4 is 20.8 Å². The fraction of sp³-hybridized carbons (Fsp3) is 0.333. The van der Waals surface area contributed by atoms with E-state index in [1.165, 1.54) is 11.0 Å². The van der Waals surface area contributed by atoms with E-state index in [9.17, 15) is 18.0 Å². The Bertz CT molecular complexity index is 1500. The monoisotopic (exact) mass is 575 g/mol. The molecule has 0 bridgehead atoms. The van der Waals surface area contributed by atoms with Gasteiger partial charge in [-0.15, -0.1) is 0 Å². The Morgan fingerprint density at radius 3 is 2.49 bits per heavy atom. The van der Waals surface area contributed by atoms with Crippen LogP contribution in [0.25, 0.3) is 0 Å². The molecule has 3 aromatic rings. The first kappa shape index (κ1) is 30.0. The minimum atomic E-state index is -3.56. The third-order valence-corrected chi connectivity index (χ3v) is 9.26. The largest absolute Gasteiger partial charge is 0.496 e. The summed E-state index contributed by atoms with van der Waals surface area (Å²) in [6.07, 6.45) is 0.533. The summed E-state index contributed by atoms with van der Waals surface area (Å²) < 4.78 is 36.9. The first-order chi connectivity index (χ1) is 19.6. The summed E-state index contributed by atoms with van der Waals surface area (Å²) in [4.78, 5) is 27.1. The molecule has 0 unspecified atom stereocenters. The maximum Gasteiger partial charge on any atom is 0.407 e. The van der Waals surface area contributed by atoms with Gasteiger partial charge < -0.3 is 25.0 Å². The molecule has 9 nitrogen and oxygen atoms in total. The summed E-state index contributed by atoms with van der Waals surface area (Å²) in [7, 11) is 5.65. The lowest BCUT2D eigenvalue weighted by molar-refractivity contribution is 0.139. The zero-order valence-corrected chi connectivity index (χ0v) is 24.2. The van der Waals surface area contributed by atoms with Crippen LogP contribution >= 0.6 is 0 Å². The van der Waals surface area contributed by atoms with E-state index in [-0.39, 0.29) is 30.0 Å². The minimum Gasteiger partial charge on any atom is -0.496 e. The highest BCUT2D eigenvalue weighted by atomic mass is 32.2. The molecule has 3 amide bonds. The first-order valence-electron chi connectivity index (χ1n) is 13.4. The number of alkyl carbamates (subject to hydrolysis) is 1. The highest BCUT2D eigenvalue weighted by Gasteiger charge is 2.38. The second-order valence-corrected chi connectivity index (χ2v) is 12.4. The standard InChI is InChI=1S/C30H34BN3O6S/c1-20(26-16-23(31)9-13-27(26)39-3)18-34(2)29(35)33-24-10-14-28(41(37,38)25-11-12-25)22(15-24)17-32-30(36)40-19-21-7-5-4-6-8-21/h4-10,13-16,20,25H,11-12,17-19H2,1-3H3,(H,32,36)(H,33,35)/t20-/m1/s1. The molecule has 1 saturated carbocycles. The molecule has 0 saturated heterocycles. The van der Waals surface area contributed by atoms with Crippen molar-refractivity contribution in [2.75, 3.05) is 26.0 Å². The van der Waals surface area contributed by atoms with Crippen LogP contribution in [-0.4, -0.2) is 59.2 Å². The van der Waals surface area contributed by atoms with Gasteiger partial charge in [-0.25, -0.2) is 18.0 Å². The van der Waals surface area contributed by atoms with Gasteiger partial charge in [0.2, 0.25) is 0 Å². The zero-order chi connectivity index (χ0) is 29.6. The molecule has 0 aromatic heterocycles. The third kappa shape index (κ3) is 7.82. The summed E-state index contributed by atoms with van der Waals surface area (Å²) in [6, 6.07) is 18.9. The van der Waals surface area contributed by atoms with Gasteiger partial charge in [0.05, 0.1) is 17.3 Å². The second kappa shape index (κ2) is 13.1. The quantitative estimate of drug-likeness (QED) is 0.333. The van der Waals surface area contributed by atoms with Gasteiger partial charge >= 0.3 is 12.1 Å². The lowest BCUT2D eigenvalue weighted by Crippen LogP contribution is -2.34. The Kier molecular flexibility index (Phi) is 9.59. The summed E-state index contributed by atoms with van der Waals surface area (Å²) in [6.45, 7) is 2.35. The summed E-state index contributed by atoms with van der Waals surface area (Å²) >= 11 is 0. The van der Waals surface area contributed by atoms with Crippen LogP contribution in [0.4, 0.5) is 15.3 Å². The number of methoxy groups -OCH3 is 1. The molecule has 0 aliphatic heterocycles. The highest BCUT2D eigenvalue weighted by molar-refractivity contribution is 7.92. The van der Waals surface area contributed by atoms with Crippen LogP contribution in [0.3, 0.4) is 0 Å². The number of ether oxygens (including phenoxy) is 2. The first-order valence-corrected chi connectivity index (χ1v) is 14.9. The van der Waals surface area contributed by atoms with Gasteiger partial charge in [-0.05, 0) is 53.8 Å². The van der Waals surface area contributed by atoms with Crippen LogP contribution in [0.15, 0.2) is 71.6 Å². The Balaban J connectivity index is 1.44. The summed E-state index contributed by atoms with van der Waals surface area (Å²) in [5.74, 6) is 0.615. The van der Waals surface area contributed by atoms with Crippen LogP contribution in [0.1, 0.15) is 42.4 Å². The Hall–Kier alpha value is -3.99. The normalized spacial score (nSPS) is 13.6. The highest BCUT2D eigenvalue weighted by Crippen LogP contribution is 2.35. The number of carbonyl (C=O) groups excluding carboxylic acids is 2. The lowest BCUT2D eigenvalue weighted by Gasteiger charge is -2.24. The van der Waals surface area contributed by atoms with E-state index >= 15 is 0 Å². The minimum absolute atomic E-state index is 0.0723. The molecule has 0 heterocycles. The molecule has 3 aromatic carbocycles. The average Bonchev–Trinajstić information content (AvgIpc) is 3.82. The molecule has 1 aliphatic rings. The van der Waals surface area contributed by atoms with Gasteiger partial charge in [0.25, 0.3) is 0 Å². The van der Waals surface area contributed by atoms with Crippen molar-refractivity contribution in [1.29, 1.82) is 0 Å². The number of benzene rings is 3. The summed E-state index contributed by atoms with van der Waals surface area (Å²) in [5, 5.41) is 5.03. The lowest BCUT2D eigenvalue weighted by atomic mass is 9.89. The number of anilines is 1. The van der Waals surface area contributed by atoms with E-state index in [0.29, 0.717) is 41.8 Å². The third-order valence-electron chi connectivity index (χ3n) is 6.90. The van der Waals surface area contributed by atoms with E-state index in [0.717, 1.165) is 11.1 Å². The Labute approximate surface area is 242 Å². The van der Waals surface area contributed by atoms with Crippen LogP contribution in [-0.2, 0) is 27.7 Å². The Morgan fingerprint density at radius 1 is 1.07 bits per heavy atom. The van der Waals surface area contributed by atoms with Crippen LogP contribution in [0, 0.1) is 0 Å². The van der Waals surface area contributed by atoms with Crippen molar-refractivity contribution < 1.29 is 27.5 Å². The van der Waals surface area contributed by atoms with Crippen LogP contribution in [0.2, 0.25) is 0 Å². The molecule has 1 fully saturated rings. The van der Waals surface area contributed by atoms with Crippen molar-refractivity contribution in [3.05, 3.63) is 83.4 Å². The number of hydrogen-bond donors (Lipinski definition) is 2. The van der Waals surface area contributed by atoms with E-state index in [1.807, 2.05) is 43.3 Å². The molecule has 41 heavy (non-hydrogen) atoms. The number of amides is 3. The van der Waals surface area contributed by atoms with Gasteiger partial charge in [0.1, 0.15) is 20.2 Å². The van der Waals surface area contributed by atoms with Crippen molar-refractivity contribution in [2.24, 2.45) is 0 Å². The van der Waals surface area contributed by atoms with Crippen molar-refractivity contribution >= 4 is 41.0 Å².